The molecule has 1 unspecified atom stereocenters. The Morgan fingerprint density at radius 1 is 0.486 bits per heavy atom. The molecule has 0 bridgehead atoms. The van der Waals surface area contributed by atoms with Crippen molar-refractivity contribution in [2.75, 3.05) is 6.61 Å². The van der Waals surface area contributed by atoms with Crippen LogP contribution in [-0.4, -0.2) is 23.8 Å². The van der Waals surface area contributed by atoms with E-state index in [0.29, 0.717) is 13.0 Å². The smallest absolute Gasteiger partial charge is 0.305 e. The molecular formula is C34H68O3. The number of rotatable bonds is 31. The van der Waals surface area contributed by atoms with Gasteiger partial charge in [-0.3, -0.25) is 4.79 Å². The van der Waals surface area contributed by atoms with Crippen LogP contribution in [0.15, 0.2) is 0 Å². The van der Waals surface area contributed by atoms with Crippen LogP contribution in [0.3, 0.4) is 0 Å². The van der Waals surface area contributed by atoms with Gasteiger partial charge in [-0.15, -0.1) is 0 Å². The Bertz CT molecular complexity index is 437. The van der Waals surface area contributed by atoms with Gasteiger partial charge in [-0.1, -0.05) is 162 Å². The molecule has 0 aliphatic rings. The molecule has 1 N–H and O–H groups in total. The first-order valence-electron chi connectivity index (χ1n) is 17.0. The molecule has 0 saturated carbocycles. The van der Waals surface area contributed by atoms with E-state index in [-0.39, 0.29) is 12.1 Å². The summed E-state index contributed by atoms with van der Waals surface area (Å²) < 4.78 is 5.38. The number of esters is 1. The Morgan fingerprint density at radius 3 is 1.22 bits per heavy atom. The molecule has 0 rings (SSSR count). The number of hydrogen-bond acceptors (Lipinski definition) is 3. The molecule has 0 aromatic rings. The van der Waals surface area contributed by atoms with Gasteiger partial charge >= 0.3 is 5.97 Å². The second-order valence-electron chi connectivity index (χ2n) is 11.7. The maximum absolute atomic E-state index is 11.9. The third kappa shape index (κ3) is 31.5. The molecule has 0 aliphatic carbocycles. The quantitative estimate of drug-likeness (QED) is 0.0724. The van der Waals surface area contributed by atoms with Gasteiger partial charge in [0.05, 0.1) is 12.7 Å². The number of aliphatic hydroxyl groups is 1. The highest BCUT2D eigenvalue weighted by Gasteiger charge is 2.06. The van der Waals surface area contributed by atoms with Crippen LogP contribution in [0.1, 0.15) is 200 Å². The Labute approximate surface area is 233 Å². The Morgan fingerprint density at radius 2 is 0.811 bits per heavy atom. The third-order valence-corrected chi connectivity index (χ3v) is 7.82. The van der Waals surface area contributed by atoms with Crippen molar-refractivity contribution in [3.05, 3.63) is 0 Å². The largest absolute Gasteiger partial charge is 0.466 e. The lowest BCUT2D eigenvalue weighted by atomic mass is 10.0. The summed E-state index contributed by atoms with van der Waals surface area (Å²) in [4.78, 5) is 11.9. The van der Waals surface area contributed by atoms with Crippen molar-refractivity contribution in [3.8, 4) is 0 Å². The Hall–Kier alpha value is -0.570. The zero-order valence-corrected chi connectivity index (χ0v) is 25.6. The lowest BCUT2D eigenvalue weighted by Crippen LogP contribution is -2.09. The van der Waals surface area contributed by atoms with Crippen LogP contribution in [0.2, 0.25) is 0 Å². The van der Waals surface area contributed by atoms with E-state index in [1.165, 1.54) is 135 Å². The summed E-state index contributed by atoms with van der Waals surface area (Å²) in [5, 5.41) is 10.2. The van der Waals surface area contributed by atoms with Crippen LogP contribution < -0.4 is 0 Å². The fourth-order valence-electron chi connectivity index (χ4n) is 5.22. The van der Waals surface area contributed by atoms with Crippen LogP contribution in [0.5, 0.6) is 0 Å². The lowest BCUT2D eigenvalue weighted by molar-refractivity contribution is -0.143. The summed E-state index contributed by atoms with van der Waals surface area (Å²) in [6, 6.07) is 0. The first-order chi connectivity index (χ1) is 18.2. The van der Waals surface area contributed by atoms with Crippen molar-refractivity contribution in [1.29, 1.82) is 0 Å². The molecule has 0 heterocycles. The molecule has 0 fully saturated rings. The van der Waals surface area contributed by atoms with Crippen LogP contribution in [0.25, 0.3) is 0 Å². The number of ether oxygens (including phenoxy) is 1. The number of hydrogen-bond donors (Lipinski definition) is 1. The van der Waals surface area contributed by atoms with Gasteiger partial charge in [-0.25, -0.2) is 0 Å². The highest BCUT2D eigenvalue weighted by Crippen LogP contribution is 2.15. The summed E-state index contributed by atoms with van der Waals surface area (Å²) in [6.07, 6.45) is 36.0. The number of unbranched alkanes of at least 4 members (excludes halogenated alkanes) is 23. The molecule has 0 aliphatic heterocycles. The van der Waals surface area contributed by atoms with Gasteiger partial charge in [0.15, 0.2) is 0 Å². The molecule has 1 atom stereocenters. The zero-order valence-electron chi connectivity index (χ0n) is 25.6. The number of carbonyl (C=O) groups excluding carboxylic acids is 1. The van der Waals surface area contributed by atoms with E-state index < -0.39 is 0 Å². The second-order valence-corrected chi connectivity index (χ2v) is 11.7. The van der Waals surface area contributed by atoms with E-state index >= 15 is 0 Å². The summed E-state index contributed by atoms with van der Waals surface area (Å²) in [5.74, 6) is -0.0371. The third-order valence-electron chi connectivity index (χ3n) is 7.82. The highest BCUT2D eigenvalue weighted by atomic mass is 16.5. The molecule has 0 amide bonds. The minimum atomic E-state index is -0.180. The fourth-order valence-corrected chi connectivity index (χ4v) is 5.22. The van der Waals surface area contributed by atoms with Gasteiger partial charge in [-0.05, 0) is 32.1 Å². The number of carbonyl (C=O) groups is 1. The van der Waals surface area contributed by atoms with Crippen molar-refractivity contribution >= 4 is 5.97 Å². The van der Waals surface area contributed by atoms with Gasteiger partial charge in [0, 0.05) is 6.42 Å². The first kappa shape index (κ1) is 36.4. The predicted octanol–water partition coefficient (Wildman–Crippen LogP) is 11.2. The standard InChI is InChI=1S/C34H68O3/c1-3-5-7-9-11-13-14-15-16-17-18-20-22-24-26-31-34(36)37-32-28-27-30-33(35)29-25-23-21-19-12-10-8-6-4-2/h33,35H,3-32H2,1-2H3. The molecule has 0 saturated heterocycles. The van der Waals surface area contributed by atoms with Crippen molar-refractivity contribution in [1.82, 2.24) is 0 Å². The van der Waals surface area contributed by atoms with E-state index in [1.807, 2.05) is 0 Å². The fraction of sp³-hybridized carbons (Fsp3) is 0.971. The molecule has 37 heavy (non-hydrogen) atoms. The molecule has 0 aromatic carbocycles. The van der Waals surface area contributed by atoms with Crippen molar-refractivity contribution in [3.63, 3.8) is 0 Å². The minimum Gasteiger partial charge on any atom is -0.466 e. The van der Waals surface area contributed by atoms with Gasteiger partial charge in [0.25, 0.3) is 0 Å². The van der Waals surface area contributed by atoms with Crippen molar-refractivity contribution in [2.45, 2.75) is 206 Å². The van der Waals surface area contributed by atoms with Crippen LogP contribution in [0.4, 0.5) is 0 Å². The molecule has 3 nitrogen and oxygen atoms in total. The SMILES string of the molecule is CCCCCCCCCCCCCCCCCC(=O)OCCCCC(O)CCCCCCCCCCC. The maximum atomic E-state index is 11.9. The summed E-state index contributed by atoms with van der Waals surface area (Å²) >= 11 is 0. The summed E-state index contributed by atoms with van der Waals surface area (Å²) in [6.45, 7) is 5.06. The zero-order chi connectivity index (χ0) is 27.1. The van der Waals surface area contributed by atoms with Gasteiger partial charge in [-0.2, -0.15) is 0 Å². The summed E-state index contributed by atoms with van der Waals surface area (Å²) in [5.41, 5.74) is 0. The van der Waals surface area contributed by atoms with E-state index in [9.17, 15) is 9.90 Å². The van der Waals surface area contributed by atoms with Crippen molar-refractivity contribution < 1.29 is 14.6 Å². The summed E-state index contributed by atoms with van der Waals surface area (Å²) in [7, 11) is 0. The topological polar surface area (TPSA) is 46.5 Å². The monoisotopic (exact) mass is 525 g/mol. The molecule has 0 aromatic heterocycles. The number of aliphatic hydroxyl groups excluding tert-OH is 1. The normalized spacial score (nSPS) is 12.2. The molecule has 0 spiro atoms. The average Bonchev–Trinajstić information content (AvgIpc) is 2.89. The van der Waals surface area contributed by atoms with Gasteiger partial charge in [0.1, 0.15) is 0 Å². The van der Waals surface area contributed by atoms with Crippen LogP contribution in [0, 0.1) is 0 Å². The van der Waals surface area contributed by atoms with E-state index in [0.717, 1.165) is 44.9 Å². The highest BCUT2D eigenvalue weighted by molar-refractivity contribution is 5.69. The van der Waals surface area contributed by atoms with Gasteiger partial charge in [0.2, 0.25) is 0 Å². The lowest BCUT2D eigenvalue weighted by Gasteiger charge is -2.10. The average molecular weight is 525 g/mol. The van der Waals surface area contributed by atoms with E-state index in [4.69, 9.17) is 4.74 Å². The first-order valence-corrected chi connectivity index (χ1v) is 17.0. The van der Waals surface area contributed by atoms with Crippen LogP contribution >= 0.6 is 0 Å². The molecule has 222 valence electrons. The maximum Gasteiger partial charge on any atom is 0.305 e. The Kier molecular flexibility index (Phi) is 31.2. The van der Waals surface area contributed by atoms with Gasteiger partial charge < -0.3 is 9.84 Å². The predicted molar refractivity (Wildman–Crippen MR) is 162 cm³/mol. The Balaban J connectivity index is 3.25. The van der Waals surface area contributed by atoms with E-state index in [2.05, 4.69) is 13.8 Å². The van der Waals surface area contributed by atoms with Crippen molar-refractivity contribution in [2.24, 2.45) is 0 Å². The van der Waals surface area contributed by atoms with Crippen LogP contribution in [-0.2, 0) is 9.53 Å². The molecule has 0 radical (unpaired) electrons. The molecular weight excluding hydrogens is 456 g/mol. The van der Waals surface area contributed by atoms with E-state index in [1.54, 1.807) is 0 Å². The minimum absolute atomic E-state index is 0.0371. The molecule has 3 heteroatoms. The second kappa shape index (κ2) is 31.6.